The fourth-order valence-corrected chi connectivity index (χ4v) is 1.48. The highest BCUT2D eigenvalue weighted by molar-refractivity contribution is 5.76. The first-order valence-electron chi connectivity index (χ1n) is 4.53. The highest BCUT2D eigenvalue weighted by atomic mass is 19.4. The van der Waals surface area contributed by atoms with Crippen molar-refractivity contribution in [3.05, 3.63) is 30.1 Å². The molecule has 86 valence electrons. The van der Waals surface area contributed by atoms with Crippen LogP contribution in [0.1, 0.15) is 5.56 Å². The van der Waals surface area contributed by atoms with E-state index in [1.54, 1.807) is 4.57 Å². The van der Waals surface area contributed by atoms with Gasteiger partial charge in [-0.15, -0.1) is 0 Å². The number of alkyl halides is 3. The second kappa shape index (κ2) is 3.79. The molecule has 2 rings (SSSR count). The number of rotatable bonds is 2. The lowest BCUT2D eigenvalue weighted by molar-refractivity contribution is -0.137. The van der Waals surface area contributed by atoms with E-state index in [0.29, 0.717) is 11.0 Å². The molecule has 1 heterocycles. The largest absolute Gasteiger partial charge is 0.416 e. The maximum atomic E-state index is 12.4. The van der Waals surface area contributed by atoms with E-state index in [4.69, 9.17) is 4.74 Å². The molecule has 0 saturated heterocycles. The lowest BCUT2D eigenvalue weighted by Crippen LogP contribution is -2.04. The van der Waals surface area contributed by atoms with Gasteiger partial charge in [-0.05, 0) is 18.2 Å². The first kappa shape index (κ1) is 10.9. The van der Waals surface area contributed by atoms with E-state index in [-0.39, 0.29) is 6.73 Å². The molecule has 0 aliphatic carbocycles. The van der Waals surface area contributed by atoms with Crippen LogP contribution in [0.4, 0.5) is 13.2 Å². The number of halogens is 3. The number of hydrogen-bond donors (Lipinski definition) is 0. The summed E-state index contributed by atoms with van der Waals surface area (Å²) in [4.78, 5) is 3.89. The van der Waals surface area contributed by atoms with E-state index in [2.05, 4.69) is 4.98 Å². The van der Waals surface area contributed by atoms with Crippen LogP contribution >= 0.6 is 0 Å². The Morgan fingerprint density at radius 1 is 1.38 bits per heavy atom. The lowest BCUT2D eigenvalue weighted by Gasteiger charge is -2.06. The maximum Gasteiger partial charge on any atom is 0.416 e. The second-order valence-corrected chi connectivity index (χ2v) is 3.33. The molecule has 16 heavy (non-hydrogen) atoms. The van der Waals surface area contributed by atoms with Gasteiger partial charge in [0, 0.05) is 7.11 Å². The third kappa shape index (κ3) is 1.88. The number of hydrogen-bond acceptors (Lipinski definition) is 2. The van der Waals surface area contributed by atoms with Gasteiger partial charge in [0.25, 0.3) is 0 Å². The summed E-state index contributed by atoms with van der Waals surface area (Å²) >= 11 is 0. The van der Waals surface area contributed by atoms with Gasteiger partial charge >= 0.3 is 6.18 Å². The van der Waals surface area contributed by atoms with Crippen LogP contribution in [0, 0.1) is 0 Å². The summed E-state index contributed by atoms with van der Waals surface area (Å²) in [6.07, 6.45) is -2.88. The summed E-state index contributed by atoms with van der Waals surface area (Å²) < 4.78 is 43.8. The Bertz CT molecular complexity index is 504. The Labute approximate surface area is 89.5 Å². The Morgan fingerprint density at radius 2 is 2.12 bits per heavy atom. The topological polar surface area (TPSA) is 27.1 Å². The Balaban J connectivity index is 2.49. The van der Waals surface area contributed by atoms with Crippen LogP contribution in [0.3, 0.4) is 0 Å². The zero-order chi connectivity index (χ0) is 11.8. The Hall–Kier alpha value is -1.56. The summed E-state index contributed by atoms with van der Waals surface area (Å²) in [7, 11) is 1.51. The van der Waals surface area contributed by atoms with Crippen LogP contribution in [0.25, 0.3) is 11.0 Å². The number of imidazole rings is 1. The fourth-order valence-electron chi connectivity index (χ4n) is 1.48. The number of methoxy groups -OCH3 is 1. The molecule has 0 atom stereocenters. The van der Waals surface area contributed by atoms with Gasteiger partial charge in [0.1, 0.15) is 6.73 Å². The van der Waals surface area contributed by atoms with Crippen molar-refractivity contribution in [1.29, 1.82) is 0 Å². The van der Waals surface area contributed by atoms with Crippen LogP contribution in [0.5, 0.6) is 0 Å². The molecule has 0 radical (unpaired) electrons. The average Bonchev–Trinajstić information content (AvgIpc) is 2.60. The quantitative estimate of drug-likeness (QED) is 0.793. The van der Waals surface area contributed by atoms with Gasteiger partial charge in [0.2, 0.25) is 0 Å². The Morgan fingerprint density at radius 3 is 2.75 bits per heavy atom. The molecule has 0 spiro atoms. The van der Waals surface area contributed by atoms with Crippen molar-refractivity contribution in [1.82, 2.24) is 9.55 Å². The average molecular weight is 230 g/mol. The molecule has 2 aromatic rings. The van der Waals surface area contributed by atoms with Crippen LogP contribution in [0.15, 0.2) is 24.5 Å². The summed E-state index contributed by atoms with van der Waals surface area (Å²) in [6, 6.07) is 3.46. The monoisotopic (exact) mass is 230 g/mol. The maximum absolute atomic E-state index is 12.4. The van der Waals surface area contributed by atoms with Crippen LogP contribution in [-0.4, -0.2) is 16.7 Å². The second-order valence-electron chi connectivity index (χ2n) is 3.33. The summed E-state index contributed by atoms with van der Waals surface area (Å²) in [6.45, 7) is 0.266. The van der Waals surface area contributed by atoms with E-state index in [0.717, 1.165) is 12.1 Å². The normalized spacial score (nSPS) is 12.2. The van der Waals surface area contributed by atoms with Crippen molar-refractivity contribution in [3.63, 3.8) is 0 Å². The molecule has 0 saturated carbocycles. The minimum absolute atomic E-state index is 0.266. The van der Waals surface area contributed by atoms with Gasteiger partial charge < -0.3 is 9.30 Å². The van der Waals surface area contributed by atoms with Gasteiger partial charge in [0.15, 0.2) is 0 Å². The third-order valence-corrected chi connectivity index (χ3v) is 2.22. The first-order valence-corrected chi connectivity index (χ1v) is 4.53. The van der Waals surface area contributed by atoms with Gasteiger partial charge in [0.05, 0.1) is 22.9 Å². The third-order valence-electron chi connectivity index (χ3n) is 2.22. The predicted octanol–water partition coefficient (Wildman–Crippen LogP) is 2.66. The zero-order valence-corrected chi connectivity index (χ0v) is 8.45. The van der Waals surface area contributed by atoms with Gasteiger partial charge in [-0.25, -0.2) is 4.98 Å². The predicted molar refractivity (Wildman–Crippen MR) is 51.7 cm³/mol. The summed E-state index contributed by atoms with van der Waals surface area (Å²) in [5, 5.41) is 0. The van der Waals surface area contributed by atoms with Crippen LogP contribution < -0.4 is 0 Å². The van der Waals surface area contributed by atoms with Gasteiger partial charge in [-0.3, -0.25) is 0 Å². The van der Waals surface area contributed by atoms with Crippen LogP contribution in [-0.2, 0) is 17.6 Å². The molecule has 0 N–H and O–H groups in total. The van der Waals surface area contributed by atoms with Crippen molar-refractivity contribution >= 4 is 11.0 Å². The molecule has 0 bridgehead atoms. The molecule has 0 aliphatic rings. The van der Waals surface area contributed by atoms with Crippen molar-refractivity contribution in [3.8, 4) is 0 Å². The van der Waals surface area contributed by atoms with E-state index in [9.17, 15) is 13.2 Å². The molecule has 3 nitrogen and oxygen atoms in total. The smallest absolute Gasteiger partial charge is 0.364 e. The SMILES string of the molecule is COCn1cnc2cc(C(F)(F)F)ccc21. The minimum atomic E-state index is -4.33. The summed E-state index contributed by atoms with van der Waals surface area (Å²) in [5.41, 5.74) is 0.240. The number of benzene rings is 1. The molecule has 6 heteroatoms. The lowest BCUT2D eigenvalue weighted by atomic mass is 10.2. The standard InChI is InChI=1S/C10H9F3N2O/c1-16-6-15-5-14-8-4-7(10(11,12)13)2-3-9(8)15/h2-5H,6H2,1H3. The van der Waals surface area contributed by atoms with E-state index in [1.807, 2.05) is 0 Å². The molecular weight excluding hydrogens is 221 g/mol. The van der Waals surface area contributed by atoms with Gasteiger partial charge in [-0.1, -0.05) is 0 Å². The van der Waals surface area contributed by atoms with E-state index in [1.165, 1.54) is 19.5 Å². The number of nitrogens with zero attached hydrogens (tertiary/aromatic N) is 2. The molecule has 0 aliphatic heterocycles. The summed E-state index contributed by atoms with van der Waals surface area (Å²) in [5.74, 6) is 0. The van der Waals surface area contributed by atoms with Gasteiger partial charge in [-0.2, -0.15) is 13.2 Å². The minimum Gasteiger partial charge on any atom is -0.364 e. The molecule has 0 unspecified atom stereocenters. The number of fused-ring (bicyclic) bond motifs is 1. The van der Waals surface area contributed by atoms with Crippen molar-refractivity contribution < 1.29 is 17.9 Å². The number of aromatic nitrogens is 2. The van der Waals surface area contributed by atoms with Crippen molar-refractivity contribution in [2.45, 2.75) is 12.9 Å². The molecule has 1 aromatic heterocycles. The molecule has 1 aromatic carbocycles. The molecular formula is C10H9F3N2O. The highest BCUT2D eigenvalue weighted by Crippen LogP contribution is 2.30. The number of ether oxygens (including phenoxy) is 1. The molecule has 0 fully saturated rings. The van der Waals surface area contributed by atoms with Crippen molar-refractivity contribution in [2.24, 2.45) is 0 Å². The van der Waals surface area contributed by atoms with Crippen LogP contribution in [0.2, 0.25) is 0 Å². The Kier molecular flexibility index (Phi) is 2.59. The molecule has 0 amide bonds. The first-order chi connectivity index (χ1) is 7.52. The van der Waals surface area contributed by atoms with E-state index >= 15 is 0 Å². The fraction of sp³-hybridized carbons (Fsp3) is 0.300. The van der Waals surface area contributed by atoms with Crippen molar-refractivity contribution in [2.75, 3.05) is 7.11 Å². The van der Waals surface area contributed by atoms with E-state index < -0.39 is 11.7 Å². The zero-order valence-electron chi connectivity index (χ0n) is 8.45. The highest BCUT2D eigenvalue weighted by Gasteiger charge is 2.30.